The quantitative estimate of drug-likeness (QED) is 0.681. The van der Waals surface area contributed by atoms with Crippen molar-refractivity contribution < 1.29 is 9.59 Å². The van der Waals surface area contributed by atoms with Crippen LogP contribution >= 0.6 is 11.8 Å². The number of carbonyl (C=O) groups excluding carboxylic acids is 2. The van der Waals surface area contributed by atoms with Gasteiger partial charge in [-0.1, -0.05) is 0 Å². The molecule has 26 heavy (non-hydrogen) atoms. The number of rotatable bonds is 2. The Morgan fingerprint density at radius 3 is 2.96 bits per heavy atom. The van der Waals surface area contributed by atoms with Gasteiger partial charge in [-0.2, -0.15) is 0 Å². The van der Waals surface area contributed by atoms with Crippen LogP contribution in [0.1, 0.15) is 11.3 Å². The van der Waals surface area contributed by atoms with Gasteiger partial charge in [0.05, 0.1) is 10.6 Å². The van der Waals surface area contributed by atoms with Crippen LogP contribution in [0, 0.1) is 0 Å². The maximum atomic E-state index is 11.7. The van der Waals surface area contributed by atoms with Crippen molar-refractivity contribution in [3.8, 4) is 5.69 Å². The van der Waals surface area contributed by atoms with Crippen LogP contribution in [-0.4, -0.2) is 32.2 Å². The van der Waals surface area contributed by atoms with Gasteiger partial charge in [-0.15, -0.1) is 0 Å². The molecular weight excluding hydrogens is 350 g/mol. The number of anilines is 1. The smallest absolute Gasteiger partial charge is 0.290 e. The second-order valence-corrected chi connectivity index (χ2v) is 7.08. The van der Waals surface area contributed by atoms with Gasteiger partial charge in [0, 0.05) is 17.9 Å². The van der Waals surface area contributed by atoms with Crippen LogP contribution in [0.4, 0.5) is 10.5 Å². The number of nitrogens with one attached hydrogen (secondary N) is 2. The van der Waals surface area contributed by atoms with Crippen molar-refractivity contribution in [2.75, 3.05) is 11.9 Å². The van der Waals surface area contributed by atoms with E-state index in [-0.39, 0.29) is 11.1 Å². The van der Waals surface area contributed by atoms with Crippen LogP contribution in [0.2, 0.25) is 0 Å². The molecule has 0 unspecified atom stereocenters. The molecular formula is C18H13N5O2S. The van der Waals surface area contributed by atoms with Crippen molar-refractivity contribution in [3.63, 3.8) is 0 Å². The van der Waals surface area contributed by atoms with Crippen LogP contribution in [0.15, 0.2) is 41.6 Å². The maximum absolute atomic E-state index is 11.7. The fourth-order valence-corrected chi connectivity index (χ4v) is 3.84. The molecule has 2 aromatic heterocycles. The summed E-state index contributed by atoms with van der Waals surface area (Å²) >= 11 is 0.882. The van der Waals surface area contributed by atoms with E-state index in [2.05, 4.69) is 32.7 Å². The standard InChI is InChI=1S/C18H13N5O2S/c24-17-15(26-18(25)22-17)8-11-1-3-14-16(21-11)23(9-20-14)12-2-4-13-10(7-12)5-6-19-13/h1-4,7-9,19H,5-6H2,(H,22,24,25). The highest BCUT2D eigenvalue weighted by Gasteiger charge is 2.25. The van der Waals surface area contributed by atoms with E-state index < -0.39 is 0 Å². The minimum Gasteiger partial charge on any atom is -0.384 e. The zero-order valence-electron chi connectivity index (χ0n) is 13.5. The van der Waals surface area contributed by atoms with Crippen molar-refractivity contribution in [1.29, 1.82) is 0 Å². The minimum atomic E-state index is -0.387. The number of aromatic nitrogens is 3. The molecule has 7 nitrogen and oxygen atoms in total. The van der Waals surface area contributed by atoms with Gasteiger partial charge in [-0.05, 0) is 60.2 Å². The number of pyridine rings is 1. The lowest BCUT2D eigenvalue weighted by atomic mass is 10.1. The Bertz CT molecular complexity index is 1120. The monoisotopic (exact) mass is 363 g/mol. The van der Waals surface area contributed by atoms with Gasteiger partial charge in [-0.3, -0.25) is 19.5 Å². The summed E-state index contributed by atoms with van der Waals surface area (Å²) in [5.41, 5.74) is 5.53. The van der Waals surface area contributed by atoms with Gasteiger partial charge < -0.3 is 5.32 Å². The van der Waals surface area contributed by atoms with Crippen LogP contribution in [0.25, 0.3) is 22.9 Å². The summed E-state index contributed by atoms with van der Waals surface area (Å²) in [5, 5.41) is 5.24. The van der Waals surface area contributed by atoms with Gasteiger partial charge in [0.25, 0.3) is 11.1 Å². The van der Waals surface area contributed by atoms with Crippen LogP contribution in [0.3, 0.4) is 0 Å². The summed E-state index contributed by atoms with van der Waals surface area (Å²) in [6.07, 6.45) is 4.37. The Balaban J connectivity index is 1.59. The molecule has 1 aromatic carbocycles. The first-order chi connectivity index (χ1) is 12.7. The molecule has 2 aliphatic heterocycles. The van der Waals surface area contributed by atoms with Crippen LogP contribution < -0.4 is 10.6 Å². The molecule has 128 valence electrons. The summed E-state index contributed by atoms with van der Waals surface area (Å²) in [6.45, 7) is 0.956. The highest BCUT2D eigenvalue weighted by atomic mass is 32.2. The van der Waals surface area contributed by atoms with E-state index in [1.54, 1.807) is 18.5 Å². The normalized spacial score (nSPS) is 17.6. The Morgan fingerprint density at radius 1 is 1.19 bits per heavy atom. The van der Waals surface area contributed by atoms with Gasteiger partial charge in [0.2, 0.25) is 0 Å². The first-order valence-electron chi connectivity index (χ1n) is 8.13. The van der Waals surface area contributed by atoms with E-state index in [4.69, 9.17) is 0 Å². The second kappa shape index (κ2) is 5.70. The van der Waals surface area contributed by atoms with Crippen molar-refractivity contribution in [1.82, 2.24) is 19.9 Å². The number of hydrogen-bond donors (Lipinski definition) is 2. The number of amides is 2. The number of nitrogens with zero attached hydrogens (tertiary/aromatic N) is 3. The molecule has 2 N–H and O–H groups in total. The van der Waals surface area contributed by atoms with E-state index in [1.807, 2.05) is 16.7 Å². The maximum Gasteiger partial charge on any atom is 0.290 e. The molecule has 2 amide bonds. The molecule has 8 heteroatoms. The summed E-state index contributed by atoms with van der Waals surface area (Å²) in [5.74, 6) is -0.387. The molecule has 0 aliphatic carbocycles. The number of thioether (sulfide) groups is 1. The van der Waals surface area contributed by atoms with Gasteiger partial charge in [0.15, 0.2) is 5.65 Å². The summed E-state index contributed by atoms with van der Waals surface area (Å²) in [4.78, 5) is 32.4. The molecule has 1 fully saturated rings. The van der Waals surface area contributed by atoms with Gasteiger partial charge in [0.1, 0.15) is 11.8 Å². The van der Waals surface area contributed by atoms with Crippen LogP contribution in [-0.2, 0) is 11.2 Å². The van der Waals surface area contributed by atoms with E-state index in [1.165, 1.54) is 11.3 Å². The SMILES string of the molecule is O=C1NC(=O)C(=Cc2ccc3ncn(-c4ccc5c(c4)CCN5)c3n2)S1. The van der Waals surface area contributed by atoms with Crippen molar-refractivity contribution in [3.05, 3.63) is 52.8 Å². The molecule has 0 radical (unpaired) electrons. The second-order valence-electron chi connectivity index (χ2n) is 6.06. The predicted molar refractivity (Wildman–Crippen MR) is 100 cm³/mol. The first kappa shape index (κ1) is 15.2. The van der Waals surface area contributed by atoms with E-state index in [9.17, 15) is 9.59 Å². The van der Waals surface area contributed by atoms with E-state index in [0.29, 0.717) is 16.2 Å². The Hall–Kier alpha value is -3.13. The third-order valence-electron chi connectivity index (χ3n) is 4.41. The Kier molecular flexibility index (Phi) is 3.32. The summed E-state index contributed by atoms with van der Waals surface area (Å²) in [6, 6.07) is 9.89. The summed E-state index contributed by atoms with van der Waals surface area (Å²) in [7, 11) is 0. The third-order valence-corrected chi connectivity index (χ3v) is 5.22. The molecule has 4 heterocycles. The molecule has 0 bridgehead atoms. The number of benzene rings is 1. The number of hydrogen-bond acceptors (Lipinski definition) is 6. The lowest BCUT2D eigenvalue weighted by Crippen LogP contribution is -2.17. The van der Waals surface area contributed by atoms with E-state index >= 15 is 0 Å². The molecule has 0 atom stereocenters. The minimum absolute atomic E-state index is 0.344. The van der Waals surface area contributed by atoms with Crippen molar-refractivity contribution >= 4 is 45.8 Å². The molecule has 5 rings (SSSR count). The van der Waals surface area contributed by atoms with Crippen molar-refractivity contribution in [2.45, 2.75) is 6.42 Å². The fraction of sp³-hybridized carbons (Fsp3) is 0.111. The molecule has 3 aromatic rings. The highest BCUT2D eigenvalue weighted by Crippen LogP contribution is 2.28. The molecule has 1 saturated heterocycles. The highest BCUT2D eigenvalue weighted by molar-refractivity contribution is 8.18. The molecule has 2 aliphatic rings. The van der Waals surface area contributed by atoms with Gasteiger partial charge in [-0.25, -0.2) is 9.97 Å². The molecule has 0 saturated carbocycles. The molecule has 0 spiro atoms. The Morgan fingerprint density at radius 2 is 2.12 bits per heavy atom. The first-order valence-corrected chi connectivity index (χ1v) is 8.95. The van der Waals surface area contributed by atoms with Crippen molar-refractivity contribution in [2.24, 2.45) is 0 Å². The number of imide groups is 1. The average Bonchev–Trinajstić information content (AvgIpc) is 3.33. The largest absolute Gasteiger partial charge is 0.384 e. The lowest BCUT2D eigenvalue weighted by Gasteiger charge is -2.07. The van der Waals surface area contributed by atoms with Crippen LogP contribution in [0.5, 0.6) is 0 Å². The number of imidazole rings is 1. The lowest BCUT2D eigenvalue weighted by molar-refractivity contribution is -0.115. The Labute approximate surface area is 152 Å². The zero-order valence-corrected chi connectivity index (χ0v) is 14.3. The fourth-order valence-electron chi connectivity index (χ4n) is 3.17. The summed E-state index contributed by atoms with van der Waals surface area (Å²) < 4.78 is 1.93. The van der Waals surface area contributed by atoms with E-state index in [0.717, 1.165) is 35.9 Å². The average molecular weight is 363 g/mol. The number of carbonyl (C=O) groups is 2. The number of fused-ring (bicyclic) bond motifs is 2. The zero-order chi connectivity index (χ0) is 17.7. The predicted octanol–water partition coefficient (Wildman–Crippen LogP) is 2.71. The van der Waals surface area contributed by atoms with Gasteiger partial charge >= 0.3 is 0 Å². The topological polar surface area (TPSA) is 88.9 Å². The third kappa shape index (κ3) is 2.46.